The van der Waals surface area contributed by atoms with Gasteiger partial charge in [-0.1, -0.05) is 0 Å². The molecule has 0 aromatic carbocycles. The molecule has 3 rings (SSSR count). The summed E-state index contributed by atoms with van der Waals surface area (Å²) in [7, 11) is 3.92. The summed E-state index contributed by atoms with van der Waals surface area (Å²) in [5.74, 6) is 1.10. The van der Waals surface area contributed by atoms with Gasteiger partial charge in [-0.15, -0.1) is 0 Å². The number of ether oxygens (including phenoxy) is 1. The second-order valence-corrected chi connectivity index (χ2v) is 7.19. The van der Waals surface area contributed by atoms with E-state index in [4.69, 9.17) is 4.74 Å². The Morgan fingerprint density at radius 2 is 2.05 bits per heavy atom. The molecule has 2 saturated heterocycles. The Morgan fingerprint density at radius 3 is 2.77 bits per heavy atom. The molecule has 2 fully saturated rings. The smallest absolute Gasteiger partial charge is 0.105 e. The van der Waals surface area contributed by atoms with Crippen LogP contribution in [0.3, 0.4) is 0 Å². The summed E-state index contributed by atoms with van der Waals surface area (Å²) in [5.41, 5.74) is 1.85. The maximum Gasteiger partial charge on any atom is 0.105 e. The summed E-state index contributed by atoms with van der Waals surface area (Å²) in [4.78, 5) is 9.65. The van der Waals surface area contributed by atoms with Crippen molar-refractivity contribution in [3.05, 3.63) is 17.7 Å². The molecular formula is C17H30N4O. The van der Waals surface area contributed by atoms with Crippen LogP contribution in [-0.2, 0) is 18.3 Å². The molecule has 1 unspecified atom stereocenters. The van der Waals surface area contributed by atoms with Crippen molar-refractivity contribution in [2.75, 3.05) is 46.4 Å². The lowest BCUT2D eigenvalue weighted by Gasteiger charge is -2.40. The van der Waals surface area contributed by atoms with E-state index in [0.717, 1.165) is 25.5 Å². The molecule has 1 spiro atoms. The number of rotatable bonds is 5. The van der Waals surface area contributed by atoms with Crippen molar-refractivity contribution < 1.29 is 4.74 Å². The van der Waals surface area contributed by atoms with Crippen molar-refractivity contribution in [2.45, 2.75) is 32.7 Å². The van der Waals surface area contributed by atoms with Crippen LogP contribution in [0.5, 0.6) is 0 Å². The first kappa shape index (κ1) is 16.0. The molecule has 2 aliphatic heterocycles. The van der Waals surface area contributed by atoms with Gasteiger partial charge >= 0.3 is 0 Å². The highest BCUT2D eigenvalue weighted by Gasteiger charge is 2.41. The van der Waals surface area contributed by atoms with Gasteiger partial charge in [-0.25, -0.2) is 4.98 Å². The Hall–Kier alpha value is -0.910. The van der Waals surface area contributed by atoms with Crippen LogP contribution in [0.25, 0.3) is 0 Å². The topological polar surface area (TPSA) is 33.5 Å². The largest absolute Gasteiger partial charge is 0.383 e. The number of aromatic nitrogens is 2. The zero-order chi connectivity index (χ0) is 15.6. The molecule has 1 aromatic heterocycles. The molecule has 22 heavy (non-hydrogen) atoms. The molecular weight excluding hydrogens is 276 g/mol. The van der Waals surface area contributed by atoms with E-state index in [2.05, 4.69) is 33.3 Å². The van der Waals surface area contributed by atoms with Crippen LogP contribution in [0, 0.1) is 12.3 Å². The van der Waals surface area contributed by atoms with Crippen molar-refractivity contribution in [3.8, 4) is 0 Å². The molecule has 5 heteroatoms. The van der Waals surface area contributed by atoms with E-state index in [1.807, 2.05) is 6.20 Å². The maximum atomic E-state index is 5.25. The van der Waals surface area contributed by atoms with Crippen LogP contribution in [0.1, 0.15) is 30.8 Å². The molecule has 2 aliphatic rings. The third-order valence-electron chi connectivity index (χ3n) is 5.57. The molecule has 0 N–H and O–H groups in total. The van der Waals surface area contributed by atoms with Gasteiger partial charge in [-0.3, -0.25) is 4.90 Å². The van der Waals surface area contributed by atoms with Crippen LogP contribution in [0.4, 0.5) is 0 Å². The van der Waals surface area contributed by atoms with Crippen LogP contribution in [0.15, 0.2) is 6.20 Å². The van der Waals surface area contributed by atoms with Gasteiger partial charge in [0.05, 0.1) is 12.3 Å². The molecule has 0 aliphatic carbocycles. The predicted octanol–water partition coefficient (Wildman–Crippen LogP) is 1.66. The monoisotopic (exact) mass is 306 g/mol. The van der Waals surface area contributed by atoms with Crippen LogP contribution in [-0.4, -0.2) is 65.8 Å². The fraction of sp³-hybridized carbons (Fsp3) is 0.824. The minimum absolute atomic E-state index is 0.514. The lowest BCUT2D eigenvalue weighted by molar-refractivity contribution is 0.0672. The summed E-state index contributed by atoms with van der Waals surface area (Å²) >= 11 is 0. The van der Waals surface area contributed by atoms with Gasteiger partial charge in [0.15, 0.2) is 0 Å². The number of hydrogen-bond donors (Lipinski definition) is 0. The minimum Gasteiger partial charge on any atom is -0.383 e. The summed E-state index contributed by atoms with van der Waals surface area (Å²) in [6, 6.07) is 0. The maximum absolute atomic E-state index is 5.25. The Morgan fingerprint density at radius 1 is 1.23 bits per heavy atom. The Bertz CT molecular complexity index is 501. The Kier molecular flexibility index (Phi) is 4.85. The minimum atomic E-state index is 0.514. The first-order valence-electron chi connectivity index (χ1n) is 8.53. The first-order chi connectivity index (χ1) is 10.6. The van der Waals surface area contributed by atoms with E-state index in [9.17, 15) is 0 Å². The molecule has 0 amide bonds. The molecule has 1 aromatic rings. The van der Waals surface area contributed by atoms with Gasteiger partial charge in [0, 0.05) is 46.5 Å². The quantitative estimate of drug-likeness (QED) is 0.828. The zero-order valence-corrected chi connectivity index (χ0v) is 14.3. The van der Waals surface area contributed by atoms with E-state index < -0.39 is 0 Å². The lowest BCUT2D eigenvalue weighted by Crippen LogP contribution is -2.45. The van der Waals surface area contributed by atoms with Gasteiger partial charge in [-0.05, 0) is 44.7 Å². The fourth-order valence-electron chi connectivity index (χ4n) is 4.14. The van der Waals surface area contributed by atoms with Crippen molar-refractivity contribution in [1.82, 2.24) is 19.4 Å². The highest BCUT2D eigenvalue weighted by molar-refractivity contribution is 5.05. The number of imidazole rings is 1. The van der Waals surface area contributed by atoms with E-state index in [1.165, 1.54) is 51.1 Å². The van der Waals surface area contributed by atoms with Crippen molar-refractivity contribution >= 4 is 0 Å². The number of methoxy groups -OCH3 is 1. The molecule has 3 heterocycles. The summed E-state index contributed by atoms with van der Waals surface area (Å²) < 4.78 is 7.47. The van der Waals surface area contributed by atoms with Crippen LogP contribution in [0.2, 0.25) is 0 Å². The van der Waals surface area contributed by atoms with E-state index in [0.29, 0.717) is 5.41 Å². The Balaban J connectivity index is 1.57. The second-order valence-electron chi connectivity index (χ2n) is 7.19. The van der Waals surface area contributed by atoms with Crippen LogP contribution >= 0.6 is 0 Å². The SMILES string of the molecule is COCCN1CCCC2(CCN(Cc3cnc(C)n3C)C2)C1. The van der Waals surface area contributed by atoms with Crippen LogP contribution < -0.4 is 0 Å². The molecule has 124 valence electrons. The van der Waals surface area contributed by atoms with E-state index in [-0.39, 0.29) is 0 Å². The molecule has 0 saturated carbocycles. The molecule has 0 bridgehead atoms. The number of aryl methyl sites for hydroxylation is 1. The predicted molar refractivity (Wildman–Crippen MR) is 87.8 cm³/mol. The normalized spacial score (nSPS) is 27.0. The van der Waals surface area contributed by atoms with Crippen molar-refractivity contribution in [2.24, 2.45) is 12.5 Å². The standard InChI is InChI=1S/C17H30N4O/c1-15-18-11-16(19(15)2)12-21-8-6-17(14-21)5-4-7-20(13-17)9-10-22-3/h11H,4-10,12-14H2,1-3H3. The average molecular weight is 306 g/mol. The molecule has 0 radical (unpaired) electrons. The number of likely N-dealkylation sites (tertiary alicyclic amines) is 2. The number of nitrogens with zero attached hydrogens (tertiary/aromatic N) is 4. The Labute approximate surface area is 134 Å². The van der Waals surface area contributed by atoms with Crippen molar-refractivity contribution in [1.29, 1.82) is 0 Å². The van der Waals surface area contributed by atoms with E-state index in [1.54, 1.807) is 7.11 Å². The summed E-state index contributed by atoms with van der Waals surface area (Å²) in [6.07, 6.45) is 6.10. The zero-order valence-electron chi connectivity index (χ0n) is 14.3. The summed E-state index contributed by atoms with van der Waals surface area (Å²) in [6.45, 7) is 10.0. The van der Waals surface area contributed by atoms with Gasteiger partial charge < -0.3 is 14.2 Å². The highest BCUT2D eigenvalue weighted by Crippen LogP contribution is 2.39. The first-order valence-corrected chi connectivity index (χ1v) is 8.53. The van der Waals surface area contributed by atoms with Gasteiger partial charge in [0.25, 0.3) is 0 Å². The van der Waals surface area contributed by atoms with E-state index >= 15 is 0 Å². The lowest BCUT2D eigenvalue weighted by atomic mass is 9.79. The molecule has 1 atom stereocenters. The van der Waals surface area contributed by atoms with Gasteiger partial charge in [-0.2, -0.15) is 0 Å². The number of piperidine rings is 1. The molecule has 5 nitrogen and oxygen atoms in total. The second kappa shape index (κ2) is 6.69. The third kappa shape index (κ3) is 3.36. The fourth-order valence-corrected chi connectivity index (χ4v) is 4.14. The average Bonchev–Trinajstić information content (AvgIpc) is 3.04. The van der Waals surface area contributed by atoms with Gasteiger partial charge in [0.1, 0.15) is 5.82 Å². The summed E-state index contributed by atoms with van der Waals surface area (Å²) in [5, 5.41) is 0. The number of hydrogen-bond acceptors (Lipinski definition) is 4. The van der Waals surface area contributed by atoms with Gasteiger partial charge in [0.2, 0.25) is 0 Å². The van der Waals surface area contributed by atoms with Crippen molar-refractivity contribution in [3.63, 3.8) is 0 Å². The third-order valence-corrected chi connectivity index (χ3v) is 5.57. The highest BCUT2D eigenvalue weighted by atomic mass is 16.5.